The van der Waals surface area contributed by atoms with Crippen molar-refractivity contribution in [3.63, 3.8) is 0 Å². The number of carbonyl (C=O) groups is 2. The highest BCUT2D eigenvalue weighted by Crippen LogP contribution is 2.18. The number of hydrogen-bond donors (Lipinski definition) is 2. The Morgan fingerprint density at radius 2 is 1.96 bits per heavy atom. The first-order valence-corrected chi connectivity index (χ1v) is 11.2. The summed E-state index contributed by atoms with van der Waals surface area (Å²) in [6.07, 6.45) is 1.60. The zero-order valence-electron chi connectivity index (χ0n) is 14.3. The van der Waals surface area contributed by atoms with Gasteiger partial charge in [-0.15, -0.1) is 11.6 Å². The van der Waals surface area contributed by atoms with Gasteiger partial charge in [-0.2, -0.15) is 11.8 Å². The average molecular weight is 401 g/mol. The molecule has 0 aromatic carbocycles. The van der Waals surface area contributed by atoms with Gasteiger partial charge in [0.25, 0.3) is 0 Å². The number of nitrogens with one attached hydrogen (secondary N) is 2. The van der Waals surface area contributed by atoms with E-state index in [1.807, 2.05) is 6.26 Å². The fourth-order valence-corrected chi connectivity index (χ4v) is 5.20. The summed E-state index contributed by atoms with van der Waals surface area (Å²) < 4.78 is 28.3. The number of carbonyl (C=O) groups excluding carboxylic acids is 2. The van der Waals surface area contributed by atoms with Gasteiger partial charge in [0, 0.05) is 0 Å². The highest BCUT2D eigenvalue weighted by Gasteiger charge is 2.38. The molecule has 2 N–H and O–H groups in total. The van der Waals surface area contributed by atoms with Crippen LogP contribution >= 0.6 is 23.4 Å². The number of thioether (sulfide) groups is 1. The first-order valence-electron chi connectivity index (χ1n) is 7.57. The largest absolute Gasteiger partial charge is 0.444 e. The first-order chi connectivity index (χ1) is 10.9. The van der Waals surface area contributed by atoms with Crippen LogP contribution in [-0.2, 0) is 19.4 Å². The van der Waals surface area contributed by atoms with E-state index in [4.69, 9.17) is 16.3 Å². The molecule has 3 atom stereocenters. The Morgan fingerprint density at radius 3 is 2.42 bits per heavy atom. The molecule has 1 heterocycles. The third-order valence-electron chi connectivity index (χ3n) is 3.23. The number of alkyl halides is 1. The lowest BCUT2D eigenvalue weighted by Gasteiger charge is -2.24. The zero-order valence-corrected chi connectivity index (χ0v) is 16.7. The van der Waals surface area contributed by atoms with Crippen LogP contribution in [0.5, 0.6) is 0 Å². The lowest BCUT2D eigenvalue weighted by molar-refractivity contribution is -0.123. The van der Waals surface area contributed by atoms with Crippen LogP contribution in [0.15, 0.2) is 0 Å². The molecule has 0 aromatic heterocycles. The molecule has 10 heteroatoms. The van der Waals surface area contributed by atoms with Crippen LogP contribution in [0, 0.1) is 0 Å². The average Bonchev–Trinajstić information content (AvgIpc) is 2.64. The summed E-state index contributed by atoms with van der Waals surface area (Å²) in [5.41, 5.74) is -0.675. The van der Waals surface area contributed by atoms with Crippen molar-refractivity contribution in [2.45, 2.75) is 50.3 Å². The molecule has 1 fully saturated rings. The van der Waals surface area contributed by atoms with Crippen molar-refractivity contribution in [1.29, 1.82) is 0 Å². The summed E-state index contributed by atoms with van der Waals surface area (Å²) >= 11 is 7.54. The molecule has 1 aliphatic heterocycles. The van der Waals surface area contributed by atoms with E-state index >= 15 is 0 Å². The second-order valence-corrected chi connectivity index (χ2v) is 10.4. The molecule has 0 radical (unpaired) electrons. The minimum Gasteiger partial charge on any atom is -0.444 e. The molecule has 140 valence electrons. The number of ether oxygens (including phenoxy) is 1. The second kappa shape index (κ2) is 8.62. The monoisotopic (exact) mass is 400 g/mol. The van der Waals surface area contributed by atoms with E-state index in [9.17, 15) is 18.0 Å². The standard InChI is InChI=1S/C14H25ClN2O5S2/c1-14(2,3)22-13(19)17-10(5-6-23-4)12(18)16-11-8-24(20,21)7-9(11)15/h9-11H,5-8H2,1-4H3,(H,16,18)(H,17,19)/t9-,10+,11+/m0/s1. The van der Waals surface area contributed by atoms with Crippen molar-refractivity contribution >= 4 is 45.2 Å². The molecule has 24 heavy (non-hydrogen) atoms. The molecule has 0 aromatic rings. The van der Waals surface area contributed by atoms with E-state index in [0.717, 1.165) is 0 Å². The minimum atomic E-state index is -3.24. The molecule has 0 unspecified atom stereocenters. The Balaban J connectivity index is 2.69. The molecule has 0 bridgehead atoms. The van der Waals surface area contributed by atoms with Crippen molar-refractivity contribution < 1.29 is 22.7 Å². The third-order valence-corrected chi connectivity index (χ3v) is 6.25. The number of rotatable bonds is 6. The fourth-order valence-electron chi connectivity index (χ4n) is 2.17. The minimum absolute atomic E-state index is 0.158. The Hall–Kier alpha value is -0.670. The highest BCUT2D eigenvalue weighted by atomic mass is 35.5. The molecule has 7 nitrogen and oxygen atoms in total. The predicted molar refractivity (Wildman–Crippen MR) is 96.4 cm³/mol. The maximum absolute atomic E-state index is 12.4. The van der Waals surface area contributed by atoms with E-state index in [1.54, 1.807) is 20.8 Å². The number of amides is 2. The maximum Gasteiger partial charge on any atom is 0.408 e. The van der Waals surface area contributed by atoms with Gasteiger partial charge in [0.2, 0.25) is 5.91 Å². The molecule has 2 amide bonds. The normalized spacial score (nSPS) is 24.2. The van der Waals surface area contributed by atoms with E-state index < -0.39 is 44.9 Å². The Kier molecular flexibility index (Phi) is 7.68. The predicted octanol–water partition coefficient (Wildman–Crippen LogP) is 1.15. The van der Waals surface area contributed by atoms with Gasteiger partial charge in [-0.1, -0.05) is 0 Å². The summed E-state index contributed by atoms with van der Waals surface area (Å²) in [7, 11) is -3.24. The van der Waals surface area contributed by atoms with Crippen LogP contribution in [0.2, 0.25) is 0 Å². The van der Waals surface area contributed by atoms with Gasteiger partial charge in [-0.25, -0.2) is 13.2 Å². The summed E-state index contributed by atoms with van der Waals surface area (Å²) in [6, 6.07) is -1.46. The second-order valence-electron chi connectivity index (χ2n) is 6.69. The quantitative estimate of drug-likeness (QED) is 0.648. The van der Waals surface area contributed by atoms with Crippen molar-refractivity contribution in [2.24, 2.45) is 0 Å². The Labute approximate surface area is 152 Å². The molecule has 1 rings (SSSR count). The third kappa shape index (κ3) is 7.48. The van der Waals surface area contributed by atoms with Crippen molar-refractivity contribution in [1.82, 2.24) is 10.6 Å². The van der Waals surface area contributed by atoms with E-state index in [1.165, 1.54) is 11.8 Å². The summed E-state index contributed by atoms with van der Waals surface area (Å²) in [4.78, 5) is 24.3. The number of sulfone groups is 1. The lowest BCUT2D eigenvalue weighted by atomic mass is 10.1. The van der Waals surface area contributed by atoms with Crippen molar-refractivity contribution in [3.8, 4) is 0 Å². The van der Waals surface area contributed by atoms with Crippen molar-refractivity contribution in [3.05, 3.63) is 0 Å². The van der Waals surface area contributed by atoms with E-state index in [2.05, 4.69) is 10.6 Å². The van der Waals surface area contributed by atoms with Crippen LogP contribution in [0.25, 0.3) is 0 Å². The van der Waals surface area contributed by atoms with Crippen LogP contribution in [-0.4, -0.2) is 67.0 Å². The van der Waals surface area contributed by atoms with Crippen LogP contribution in [0.1, 0.15) is 27.2 Å². The van der Waals surface area contributed by atoms with Gasteiger partial charge in [0.1, 0.15) is 11.6 Å². The van der Waals surface area contributed by atoms with Crippen LogP contribution < -0.4 is 10.6 Å². The zero-order chi connectivity index (χ0) is 18.5. The fraction of sp³-hybridized carbons (Fsp3) is 0.857. The Morgan fingerprint density at radius 1 is 1.33 bits per heavy atom. The van der Waals surface area contributed by atoms with Crippen LogP contribution in [0.4, 0.5) is 4.79 Å². The van der Waals surface area contributed by atoms with Gasteiger partial charge in [0.05, 0.1) is 22.9 Å². The molecule has 1 aliphatic rings. The van der Waals surface area contributed by atoms with Gasteiger partial charge in [-0.05, 0) is 39.2 Å². The van der Waals surface area contributed by atoms with E-state index in [0.29, 0.717) is 12.2 Å². The summed E-state index contributed by atoms with van der Waals surface area (Å²) in [5, 5.41) is 4.51. The Bertz CT molecular complexity index is 562. The van der Waals surface area contributed by atoms with Crippen LogP contribution in [0.3, 0.4) is 0 Å². The summed E-state index contributed by atoms with van der Waals surface area (Å²) in [5.74, 6) is -0.146. The van der Waals surface area contributed by atoms with Gasteiger partial charge < -0.3 is 15.4 Å². The number of halogens is 1. The number of alkyl carbamates (subject to hydrolysis) is 1. The highest BCUT2D eigenvalue weighted by molar-refractivity contribution is 7.98. The smallest absolute Gasteiger partial charge is 0.408 e. The number of hydrogen-bond acceptors (Lipinski definition) is 6. The van der Waals surface area contributed by atoms with Gasteiger partial charge >= 0.3 is 6.09 Å². The molecule has 0 spiro atoms. The summed E-state index contributed by atoms with van der Waals surface area (Å²) in [6.45, 7) is 5.18. The molecular formula is C14H25ClN2O5S2. The maximum atomic E-state index is 12.4. The molecular weight excluding hydrogens is 376 g/mol. The van der Waals surface area contributed by atoms with Gasteiger partial charge in [-0.3, -0.25) is 4.79 Å². The van der Waals surface area contributed by atoms with E-state index in [-0.39, 0.29) is 11.5 Å². The molecule has 0 saturated carbocycles. The molecule has 1 saturated heterocycles. The van der Waals surface area contributed by atoms with Crippen molar-refractivity contribution in [2.75, 3.05) is 23.5 Å². The topological polar surface area (TPSA) is 102 Å². The SMILES string of the molecule is CSCC[C@@H](NC(=O)OC(C)(C)C)C(=O)N[C@@H]1CS(=O)(=O)C[C@@H]1Cl. The molecule has 0 aliphatic carbocycles. The lowest BCUT2D eigenvalue weighted by Crippen LogP contribution is -2.52. The first kappa shape index (κ1) is 21.4. The van der Waals surface area contributed by atoms with Gasteiger partial charge in [0.15, 0.2) is 9.84 Å².